The molecule has 0 amide bonds. The minimum Gasteiger partial charge on any atom is -0.504 e. The monoisotopic (exact) mass is 204 g/mol. The topological polar surface area (TPSA) is 40.5 Å². The molecule has 72 valence electrons. The summed E-state index contributed by atoms with van der Waals surface area (Å²) in [7, 11) is 0. The van der Waals surface area contributed by atoms with Crippen molar-refractivity contribution in [3.63, 3.8) is 0 Å². The molecule has 0 aliphatic carbocycles. The Hall–Kier alpha value is -0.800. The molecule has 0 saturated heterocycles. The third-order valence-corrected chi connectivity index (χ3v) is 1.99. The second-order valence-corrected chi connectivity index (χ2v) is 3.14. The molecule has 0 bridgehead atoms. The number of aliphatic hydroxyl groups is 1. The number of hydrogen-bond donors (Lipinski definition) is 2. The number of halogens is 2. The summed E-state index contributed by atoms with van der Waals surface area (Å²) in [5, 5.41) is 17.6. The van der Waals surface area contributed by atoms with Crippen LogP contribution in [-0.4, -0.2) is 16.8 Å². The van der Waals surface area contributed by atoms with Gasteiger partial charge in [0.1, 0.15) is 0 Å². The van der Waals surface area contributed by atoms with Crippen LogP contribution >= 0.6 is 11.6 Å². The first kappa shape index (κ1) is 10.3. The first-order chi connectivity index (χ1) is 6.15. The summed E-state index contributed by atoms with van der Waals surface area (Å²) in [6.07, 6.45) is 1.11. The van der Waals surface area contributed by atoms with Crippen LogP contribution in [0.15, 0.2) is 12.1 Å². The lowest BCUT2D eigenvalue weighted by Crippen LogP contribution is -1.91. The second kappa shape index (κ2) is 4.44. The Balaban J connectivity index is 2.86. The van der Waals surface area contributed by atoms with Crippen LogP contribution < -0.4 is 0 Å². The quantitative estimate of drug-likeness (QED) is 0.792. The largest absolute Gasteiger partial charge is 0.504 e. The highest BCUT2D eigenvalue weighted by Gasteiger charge is 2.07. The Labute approximate surface area is 80.6 Å². The lowest BCUT2D eigenvalue weighted by atomic mass is 10.1. The molecule has 0 atom stereocenters. The Morgan fingerprint density at radius 3 is 2.62 bits per heavy atom. The molecule has 0 heterocycles. The maximum atomic E-state index is 12.9. The molecule has 0 aliphatic rings. The Bertz CT molecular complexity index is 279. The molecule has 4 heteroatoms. The summed E-state index contributed by atoms with van der Waals surface area (Å²) in [6.45, 7) is 0.0557. The van der Waals surface area contributed by atoms with Crippen LogP contribution in [-0.2, 0) is 6.42 Å². The fourth-order valence-electron chi connectivity index (χ4n) is 1.05. The van der Waals surface area contributed by atoms with E-state index in [4.69, 9.17) is 21.8 Å². The molecule has 0 spiro atoms. The lowest BCUT2D eigenvalue weighted by Gasteiger charge is -2.03. The van der Waals surface area contributed by atoms with Gasteiger partial charge in [0.15, 0.2) is 11.6 Å². The smallest absolute Gasteiger partial charge is 0.170 e. The minimum absolute atomic E-state index is 0.00735. The highest BCUT2D eigenvalue weighted by molar-refractivity contribution is 6.32. The van der Waals surface area contributed by atoms with Gasteiger partial charge in [-0.05, 0) is 30.5 Å². The van der Waals surface area contributed by atoms with Gasteiger partial charge < -0.3 is 10.2 Å². The van der Waals surface area contributed by atoms with Crippen LogP contribution in [0, 0.1) is 5.82 Å². The number of benzene rings is 1. The summed E-state index contributed by atoms with van der Waals surface area (Å²) < 4.78 is 12.9. The van der Waals surface area contributed by atoms with Gasteiger partial charge in [-0.3, -0.25) is 0 Å². The van der Waals surface area contributed by atoms with Crippen LogP contribution in [0.3, 0.4) is 0 Å². The van der Waals surface area contributed by atoms with E-state index in [2.05, 4.69) is 0 Å². The molecule has 0 fully saturated rings. The molecule has 0 aliphatic heterocycles. The second-order valence-electron chi connectivity index (χ2n) is 2.74. The van der Waals surface area contributed by atoms with Gasteiger partial charge in [0.05, 0.1) is 5.02 Å². The average Bonchev–Trinajstić information content (AvgIpc) is 2.10. The molecule has 0 aromatic heterocycles. The van der Waals surface area contributed by atoms with E-state index in [1.807, 2.05) is 0 Å². The minimum atomic E-state index is -0.722. The van der Waals surface area contributed by atoms with E-state index < -0.39 is 11.6 Å². The van der Waals surface area contributed by atoms with Crippen LogP contribution in [0.4, 0.5) is 4.39 Å². The zero-order valence-electron chi connectivity index (χ0n) is 6.93. The Morgan fingerprint density at radius 2 is 2.08 bits per heavy atom. The van der Waals surface area contributed by atoms with Crippen molar-refractivity contribution in [2.24, 2.45) is 0 Å². The predicted molar refractivity (Wildman–Crippen MR) is 48.5 cm³/mol. The van der Waals surface area contributed by atoms with Gasteiger partial charge in [-0.2, -0.15) is 0 Å². The van der Waals surface area contributed by atoms with Crippen molar-refractivity contribution < 1.29 is 14.6 Å². The zero-order chi connectivity index (χ0) is 9.84. The van der Waals surface area contributed by atoms with E-state index in [-0.39, 0.29) is 11.6 Å². The molecule has 1 aromatic rings. The van der Waals surface area contributed by atoms with Crippen molar-refractivity contribution in [3.8, 4) is 5.75 Å². The molecular weight excluding hydrogens is 195 g/mol. The number of aliphatic hydroxyl groups excluding tert-OH is 1. The molecule has 0 radical (unpaired) electrons. The molecule has 0 saturated carbocycles. The van der Waals surface area contributed by atoms with Gasteiger partial charge in [0.2, 0.25) is 0 Å². The van der Waals surface area contributed by atoms with Gasteiger partial charge in [-0.25, -0.2) is 4.39 Å². The molecule has 0 unspecified atom stereocenters. The van der Waals surface area contributed by atoms with Gasteiger partial charge in [-0.1, -0.05) is 11.6 Å². The normalized spacial score (nSPS) is 10.4. The number of rotatable bonds is 3. The third-order valence-electron chi connectivity index (χ3n) is 1.70. The van der Waals surface area contributed by atoms with Crippen LogP contribution in [0.1, 0.15) is 12.0 Å². The SMILES string of the molecule is OCCCc1cc(F)c(O)c(Cl)c1. The Kier molecular flexibility index (Phi) is 3.51. The van der Waals surface area contributed by atoms with Crippen molar-refractivity contribution in [1.82, 2.24) is 0 Å². The van der Waals surface area contributed by atoms with Gasteiger partial charge >= 0.3 is 0 Å². The zero-order valence-corrected chi connectivity index (χ0v) is 7.68. The van der Waals surface area contributed by atoms with E-state index in [0.717, 1.165) is 0 Å². The molecule has 1 rings (SSSR count). The number of aromatic hydroxyl groups is 1. The summed E-state index contributed by atoms with van der Waals surface area (Å²) in [6, 6.07) is 2.71. The molecule has 13 heavy (non-hydrogen) atoms. The van der Waals surface area contributed by atoms with E-state index in [1.165, 1.54) is 12.1 Å². The fourth-order valence-corrected chi connectivity index (χ4v) is 1.28. The number of aryl methyl sites for hydroxylation is 1. The van der Waals surface area contributed by atoms with Crippen LogP contribution in [0.5, 0.6) is 5.75 Å². The van der Waals surface area contributed by atoms with Crippen molar-refractivity contribution in [2.45, 2.75) is 12.8 Å². The number of phenolic OH excluding ortho intramolecular Hbond substituents is 1. The van der Waals surface area contributed by atoms with Crippen LogP contribution in [0.25, 0.3) is 0 Å². The number of phenols is 1. The van der Waals surface area contributed by atoms with Gasteiger partial charge in [-0.15, -0.1) is 0 Å². The highest BCUT2D eigenvalue weighted by Crippen LogP contribution is 2.27. The van der Waals surface area contributed by atoms with E-state index in [1.54, 1.807) is 0 Å². The Morgan fingerprint density at radius 1 is 1.38 bits per heavy atom. The standard InChI is InChI=1S/C9H10ClFO2/c10-7-4-6(2-1-3-12)5-8(11)9(7)13/h4-5,12-13H,1-3H2. The van der Waals surface area contributed by atoms with Crippen LogP contribution in [0.2, 0.25) is 5.02 Å². The van der Waals surface area contributed by atoms with Gasteiger partial charge in [0.25, 0.3) is 0 Å². The summed E-state index contributed by atoms with van der Waals surface area (Å²) in [5.74, 6) is -1.24. The first-order valence-corrected chi connectivity index (χ1v) is 4.30. The maximum absolute atomic E-state index is 12.9. The van der Waals surface area contributed by atoms with Crippen molar-refractivity contribution in [1.29, 1.82) is 0 Å². The van der Waals surface area contributed by atoms with Crippen molar-refractivity contribution >= 4 is 11.6 Å². The fraction of sp³-hybridized carbons (Fsp3) is 0.333. The maximum Gasteiger partial charge on any atom is 0.170 e. The highest BCUT2D eigenvalue weighted by atomic mass is 35.5. The average molecular weight is 205 g/mol. The molecule has 2 nitrogen and oxygen atoms in total. The van der Waals surface area contributed by atoms with Crippen molar-refractivity contribution in [3.05, 3.63) is 28.5 Å². The summed E-state index contributed by atoms with van der Waals surface area (Å²) in [5.41, 5.74) is 0.675. The summed E-state index contributed by atoms with van der Waals surface area (Å²) >= 11 is 5.55. The lowest BCUT2D eigenvalue weighted by molar-refractivity contribution is 0.288. The molecular formula is C9H10ClFO2. The molecule has 2 N–H and O–H groups in total. The van der Waals surface area contributed by atoms with E-state index >= 15 is 0 Å². The third kappa shape index (κ3) is 2.57. The van der Waals surface area contributed by atoms with E-state index in [9.17, 15) is 4.39 Å². The predicted octanol–water partition coefficient (Wildman–Crippen LogP) is 2.11. The van der Waals surface area contributed by atoms with Crippen molar-refractivity contribution in [2.75, 3.05) is 6.61 Å². The van der Waals surface area contributed by atoms with Gasteiger partial charge in [0, 0.05) is 6.61 Å². The first-order valence-electron chi connectivity index (χ1n) is 3.93. The van der Waals surface area contributed by atoms with E-state index in [0.29, 0.717) is 18.4 Å². The summed E-state index contributed by atoms with van der Waals surface area (Å²) in [4.78, 5) is 0. The molecule has 1 aromatic carbocycles. The number of hydrogen-bond acceptors (Lipinski definition) is 2.